The zero-order valence-electron chi connectivity index (χ0n) is 19.0. The van der Waals surface area contributed by atoms with E-state index in [1.54, 1.807) is 7.11 Å². The molecule has 0 spiro atoms. The molecule has 0 aliphatic heterocycles. The zero-order chi connectivity index (χ0) is 22.1. The first-order valence-corrected chi connectivity index (χ1v) is 13.1. The molecule has 2 heterocycles. The molecule has 3 aromatic rings. The lowest BCUT2D eigenvalue weighted by atomic mass is 10.0. The molecule has 0 bridgehead atoms. The third kappa shape index (κ3) is 3.58. The maximum absolute atomic E-state index is 6.95. The number of halogens is 1. The number of oxime groups is 1. The van der Waals surface area contributed by atoms with Crippen LogP contribution in [0.2, 0.25) is 21.6 Å². The fraction of sp³-hybridized carbons (Fsp3) is 0.417. The van der Waals surface area contributed by atoms with E-state index in [2.05, 4.69) is 63.2 Å². The van der Waals surface area contributed by atoms with E-state index in [4.69, 9.17) is 21.4 Å². The van der Waals surface area contributed by atoms with Crippen LogP contribution in [0, 0.1) is 0 Å². The molecule has 0 aliphatic carbocycles. The van der Waals surface area contributed by atoms with Gasteiger partial charge in [0.25, 0.3) is 0 Å². The number of pyridine rings is 1. The van der Waals surface area contributed by atoms with Crippen LogP contribution >= 0.6 is 11.6 Å². The molecular weight excluding hydrogens is 410 g/mol. The lowest BCUT2D eigenvalue weighted by Gasteiger charge is -2.44. The van der Waals surface area contributed by atoms with Gasteiger partial charge in [-0.3, -0.25) is 0 Å². The molecule has 4 nitrogen and oxygen atoms in total. The third-order valence-electron chi connectivity index (χ3n) is 6.33. The van der Waals surface area contributed by atoms with E-state index in [-0.39, 0.29) is 0 Å². The molecular formula is C24H32ClN3OSi. The molecule has 3 rings (SSSR count). The van der Waals surface area contributed by atoms with E-state index in [9.17, 15) is 0 Å². The highest BCUT2D eigenvalue weighted by atomic mass is 35.5. The first-order valence-electron chi connectivity index (χ1n) is 10.6. The van der Waals surface area contributed by atoms with Crippen LogP contribution in [0.5, 0.6) is 0 Å². The van der Waals surface area contributed by atoms with Crippen LogP contribution < -0.4 is 0 Å². The summed E-state index contributed by atoms with van der Waals surface area (Å²) in [4.78, 5) is 10.1. The summed E-state index contributed by atoms with van der Waals surface area (Å²) in [5, 5.41) is 5.90. The van der Waals surface area contributed by atoms with Gasteiger partial charge in [-0.2, -0.15) is 0 Å². The maximum atomic E-state index is 6.95. The average molecular weight is 442 g/mol. The summed E-state index contributed by atoms with van der Waals surface area (Å²) >= 11 is 6.95. The van der Waals surface area contributed by atoms with E-state index < -0.39 is 8.24 Å². The van der Waals surface area contributed by atoms with E-state index in [0.717, 1.165) is 22.2 Å². The highest BCUT2D eigenvalue weighted by Crippen LogP contribution is 2.44. The van der Waals surface area contributed by atoms with Gasteiger partial charge in [0.05, 0.1) is 5.02 Å². The van der Waals surface area contributed by atoms with Crippen molar-refractivity contribution in [3.05, 3.63) is 64.9 Å². The second-order valence-electron chi connectivity index (χ2n) is 8.75. The van der Waals surface area contributed by atoms with Crippen LogP contribution in [0.4, 0.5) is 0 Å². The molecule has 2 aromatic heterocycles. The van der Waals surface area contributed by atoms with Gasteiger partial charge in [-0.15, -0.1) is 0 Å². The predicted octanol–water partition coefficient (Wildman–Crippen LogP) is 7.11. The van der Waals surface area contributed by atoms with E-state index >= 15 is 0 Å². The summed E-state index contributed by atoms with van der Waals surface area (Å²) in [6.45, 7) is 14.1. The summed E-state index contributed by atoms with van der Waals surface area (Å²) in [5.74, 6) is 0. The summed E-state index contributed by atoms with van der Waals surface area (Å²) in [6.07, 6.45) is 4.04. The number of hydrogen-bond acceptors (Lipinski definition) is 3. The summed E-state index contributed by atoms with van der Waals surface area (Å²) < 4.78 is 2.48. The van der Waals surface area contributed by atoms with Crippen LogP contribution in [-0.2, 0) is 4.84 Å². The van der Waals surface area contributed by atoms with Gasteiger partial charge < -0.3 is 9.07 Å². The van der Waals surface area contributed by atoms with Crippen molar-refractivity contribution in [3.8, 4) is 0 Å². The van der Waals surface area contributed by atoms with Gasteiger partial charge in [0.1, 0.15) is 18.5 Å². The van der Waals surface area contributed by atoms with Crippen molar-refractivity contribution in [2.75, 3.05) is 7.11 Å². The Morgan fingerprint density at radius 2 is 1.60 bits per heavy atom. The van der Waals surface area contributed by atoms with Gasteiger partial charge in [0, 0.05) is 22.7 Å². The van der Waals surface area contributed by atoms with Gasteiger partial charge >= 0.3 is 0 Å². The highest BCUT2D eigenvalue weighted by Gasteiger charge is 2.46. The normalized spacial score (nSPS) is 13.1. The molecule has 0 saturated heterocycles. The molecule has 0 amide bonds. The standard InChI is InChI=1S/C24H32ClN3OSi/c1-16(2)30(17(3)4,18(5)6)28-14-13-20-22(25)21(15-26-24(20)28)23(27-29-7)19-11-9-8-10-12-19/h8-18H,1-7H3/b27-23-. The summed E-state index contributed by atoms with van der Waals surface area (Å²) in [5.41, 5.74) is 5.09. The quantitative estimate of drug-likeness (QED) is 0.222. The molecule has 0 radical (unpaired) electrons. The molecule has 0 fully saturated rings. The fourth-order valence-electron chi connectivity index (χ4n) is 5.31. The number of nitrogens with zero attached hydrogens (tertiary/aromatic N) is 3. The monoisotopic (exact) mass is 441 g/mol. The van der Waals surface area contributed by atoms with Crippen LogP contribution in [0.1, 0.15) is 52.7 Å². The Hall–Kier alpha value is -2.11. The van der Waals surface area contributed by atoms with Gasteiger partial charge in [-0.1, -0.05) is 88.6 Å². The van der Waals surface area contributed by atoms with Gasteiger partial charge in [-0.25, -0.2) is 4.98 Å². The average Bonchev–Trinajstić information content (AvgIpc) is 3.12. The first kappa shape index (κ1) is 22.6. The largest absolute Gasteiger partial charge is 0.399 e. The fourth-order valence-corrected chi connectivity index (χ4v) is 12.1. The third-order valence-corrected chi connectivity index (χ3v) is 13.5. The van der Waals surface area contributed by atoms with Gasteiger partial charge in [0.15, 0.2) is 8.24 Å². The molecule has 0 saturated carbocycles. The minimum atomic E-state index is -1.92. The van der Waals surface area contributed by atoms with E-state index in [1.165, 1.54) is 0 Å². The van der Waals surface area contributed by atoms with Crippen molar-refractivity contribution < 1.29 is 4.84 Å². The summed E-state index contributed by atoms with van der Waals surface area (Å²) in [7, 11) is -0.373. The van der Waals surface area contributed by atoms with E-state index in [0.29, 0.717) is 27.4 Å². The summed E-state index contributed by atoms with van der Waals surface area (Å²) in [6, 6.07) is 12.0. The second-order valence-corrected chi connectivity index (χ2v) is 14.8. The minimum Gasteiger partial charge on any atom is -0.399 e. The van der Waals surface area contributed by atoms with Crippen molar-refractivity contribution in [1.29, 1.82) is 0 Å². The molecule has 30 heavy (non-hydrogen) atoms. The lowest BCUT2D eigenvalue weighted by molar-refractivity contribution is 0.214. The number of aromatic nitrogens is 2. The predicted molar refractivity (Wildman–Crippen MR) is 130 cm³/mol. The Kier molecular flexibility index (Phi) is 6.73. The molecule has 0 N–H and O–H groups in total. The smallest absolute Gasteiger partial charge is 0.171 e. The Morgan fingerprint density at radius 3 is 2.13 bits per heavy atom. The van der Waals surface area contributed by atoms with Crippen LogP contribution in [-0.4, -0.2) is 30.3 Å². The Morgan fingerprint density at radius 1 is 1.00 bits per heavy atom. The number of benzene rings is 1. The SMILES string of the molecule is CO/N=C(/c1ccccc1)c1cnc2c(ccn2[Si](C(C)C)(C(C)C)C(C)C)c1Cl. The minimum absolute atomic E-state index is 0.572. The van der Waals surface area contributed by atoms with Crippen LogP contribution in [0.25, 0.3) is 11.0 Å². The maximum Gasteiger partial charge on any atom is 0.171 e. The Labute approximate surface area is 186 Å². The van der Waals surface area contributed by atoms with Crippen molar-refractivity contribution in [2.45, 2.75) is 58.2 Å². The molecule has 160 valence electrons. The Bertz CT molecular complexity index is 1020. The van der Waals surface area contributed by atoms with Crippen molar-refractivity contribution >= 4 is 36.6 Å². The number of hydrogen-bond donors (Lipinski definition) is 0. The zero-order valence-corrected chi connectivity index (χ0v) is 20.7. The molecule has 0 unspecified atom stereocenters. The van der Waals surface area contributed by atoms with Gasteiger partial charge in [-0.05, 0) is 28.9 Å². The molecule has 1 aromatic carbocycles. The highest BCUT2D eigenvalue weighted by molar-refractivity contribution is 6.82. The number of rotatable bonds is 7. The Balaban J connectivity index is 2.24. The molecule has 0 atom stereocenters. The lowest BCUT2D eigenvalue weighted by Crippen LogP contribution is -2.51. The van der Waals surface area contributed by atoms with Crippen molar-refractivity contribution in [3.63, 3.8) is 0 Å². The van der Waals surface area contributed by atoms with Crippen molar-refractivity contribution in [2.24, 2.45) is 5.16 Å². The molecule has 6 heteroatoms. The van der Waals surface area contributed by atoms with Crippen LogP contribution in [0.3, 0.4) is 0 Å². The first-order chi connectivity index (χ1) is 14.3. The second kappa shape index (κ2) is 8.94. The topological polar surface area (TPSA) is 39.4 Å². The van der Waals surface area contributed by atoms with E-state index in [1.807, 2.05) is 36.5 Å². The van der Waals surface area contributed by atoms with Crippen molar-refractivity contribution in [1.82, 2.24) is 9.22 Å². The van der Waals surface area contributed by atoms with Gasteiger partial charge in [0.2, 0.25) is 0 Å². The molecule has 0 aliphatic rings. The van der Waals surface area contributed by atoms with Crippen LogP contribution in [0.15, 0.2) is 53.9 Å². The number of fused-ring (bicyclic) bond motifs is 1.